The average Bonchev–Trinajstić information content (AvgIpc) is 2.58. The van der Waals surface area contributed by atoms with Crippen molar-refractivity contribution in [1.82, 2.24) is 4.57 Å². The zero-order valence-corrected chi connectivity index (χ0v) is 17.2. The molecular formula is C21H25FN2O5. The topological polar surface area (TPSA) is 86.6 Å². The molecule has 0 aliphatic heterocycles. The maximum absolute atomic E-state index is 14.2. The van der Waals surface area contributed by atoms with Crippen LogP contribution < -0.4 is 10.9 Å². The second-order valence-corrected chi connectivity index (χ2v) is 7.48. The summed E-state index contributed by atoms with van der Waals surface area (Å²) in [5.74, 6) is -1.86. The highest BCUT2D eigenvalue weighted by Gasteiger charge is 2.20. The quantitative estimate of drug-likeness (QED) is 0.741. The second kappa shape index (κ2) is 8.89. The Kier molecular flexibility index (Phi) is 6.79. The van der Waals surface area contributed by atoms with Crippen LogP contribution in [0.4, 0.5) is 15.8 Å². The van der Waals surface area contributed by atoms with E-state index in [0.717, 1.165) is 16.2 Å². The number of aryl methyl sites for hydroxylation is 1. The number of hydrogen-bond donors (Lipinski definition) is 1. The van der Waals surface area contributed by atoms with E-state index in [1.54, 1.807) is 40.7 Å². The maximum atomic E-state index is 14.2. The number of nitrogens with one attached hydrogen (secondary N) is 1. The van der Waals surface area contributed by atoms with Crippen molar-refractivity contribution >= 4 is 23.3 Å². The standard InChI is InChI=1S/C21H25FN2O5/c1-6-28-20(27)14-11-24(12-19(26)29-21(3,4)5)18(25)10-17(14)23-16-8-7-13(2)9-15(16)22/h7-11,23H,6,12H2,1-5H3. The lowest BCUT2D eigenvalue weighted by Crippen LogP contribution is -2.31. The van der Waals surface area contributed by atoms with E-state index in [4.69, 9.17) is 9.47 Å². The van der Waals surface area contributed by atoms with Crippen LogP contribution in [0.5, 0.6) is 0 Å². The largest absolute Gasteiger partial charge is 0.462 e. The van der Waals surface area contributed by atoms with Crippen LogP contribution in [0.3, 0.4) is 0 Å². The van der Waals surface area contributed by atoms with Gasteiger partial charge in [0, 0.05) is 12.3 Å². The van der Waals surface area contributed by atoms with E-state index in [-0.39, 0.29) is 30.1 Å². The number of aromatic nitrogens is 1. The highest BCUT2D eigenvalue weighted by Crippen LogP contribution is 2.23. The molecule has 0 fully saturated rings. The molecule has 0 aliphatic rings. The van der Waals surface area contributed by atoms with Crippen molar-refractivity contribution in [2.45, 2.75) is 46.8 Å². The number of ether oxygens (including phenoxy) is 2. The van der Waals surface area contributed by atoms with Crippen LogP contribution in [0, 0.1) is 12.7 Å². The number of carbonyl (C=O) groups is 2. The van der Waals surface area contributed by atoms with Gasteiger partial charge in [-0.3, -0.25) is 9.59 Å². The van der Waals surface area contributed by atoms with Crippen molar-refractivity contribution < 1.29 is 23.5 Å². The van der Waals surface area contributed by atoms with Crippen LogP contribution in [0.2, 0.25) is 0 Å². The minimum atomic E-state index is -0.713. The zero-order chi connectivity index (χ0) is 21.8. The highest BCUT2D eigenvalue weighted by atomic mass is 19.1. The minimum Gasteiger partial charge on any atom is -0.462 e. The van der Waals surface area contributed by atoms with Crippen LogP contribution in [0.1, 0.15) is 43.6 Å². The van der Waals surface area contributed by atoms with Gasteiger partial charge in [0.2, 0.25) is 0 Å². The van der Waals surface area contributed by atoms with Crippen LogP contribution in [0.25, 0.3) is 0 Å². The molecule has 0 amide bonds. The van der Waals surface area contributed by atoms with Crippen molar-refractivity contribution in [2.75, 3.05) is 11.9 Å². The average molecular weight is 404 g/mol. The molecule has 2 aromatic rings. The molecule has 0 saturated carbocycles. The summed E-state index contributed by atoms with van der Waals surface area (Å²) in [5.41, 5.74) is -0.364. The summed E-state index contributed by atoms with van der Waals surface area (Å²) in [6.07, 6.45) is 1.21. The van der Waals surface area contributed by atoms with E-state index < -0.39 is 28.9 Å². The predicted octanol–water partition coefficient (Wildman–Crippen LogP) is 3.56. The van der Waals surface area contributed by atoms with Crippen molar-refractivity contribution in [2.24, 2.45) is 0 Å². The predicted molar refractivity (Wildman–Crippen MR) is 107 cm³/mol. The number of carbonyl (C=O) groups excluding carboxylic acids is 2. The molecule has 8 heteroatoms. The monoisotopic (exact) mass is 404 g/mol. The molecular weight excluding hydrogens is 379 g/mol. The van der Waals surface area contributed by atoms with Gasteiger partial charge in [-0.15, -0.1) is 0 Å². The van der Waals surface area contributed by atoms with Crippen molar-refractivity contribution in [3.8, 4) is 0 Å². The third kappa shape index (κ3) is 6.17. The first-order valence-corrected chi connectivity index (χ1v) is 9.17. The Morgan fingerprint density at radius 3 is 2.45 bits per heavy atom. The fourth-order valence-electron chi connectivity index (χ4n) is 2.55. The molecule has 0 bridgehead atoms. The number of anilines is 2. The Hall–Kier alpha value is -3.16. The van der Waals surface area contributed by atoms with Gasteiger partial charge in [0.25, 0.3) is 5.56 Å². The Balaban J connectivity index is 2.43. The first-order chi connectivity index (χ1) is 13.5. The van der Waals surface area contributed by atoms with Crippen molar-refractivity contribution in [3.05, 3.63) is 57.8 Å². The van der Waals surface area contributed by atoms with E-state index in [1.807, 2.05) is 0 Å². The van der Waals surface area contributed by atoms with Gasteiger partial charge < -0.3 is 19.4 Å². The molecule has 0 atom stereocenters. The van der Waals surface area contributed by atoms with E-state index in [0.29, 0.717) is 0 Å². The molecule has 1 N–H and O–H groups in total. The van der Waals surface area contributed by atoms with Crippen LogP contribution in [-0.4, -0.2) is 28.7 Å². The lowest BCUT2D eigenvalue weighted by atomic mass is 10.2. The molecule has 156 valence electrons. The van der Waals surface area contributed by atoms with Gasteiger partial charge in [-0.2, -0.15) is 0 Å². The number of esters is 2. The third-order valence-electron chi connectivity index (χ3n) is 3.73. The number of hydrogen-bond acceptors (Lipinski definition) is 6. The molecule has 7 nitrogen and oxygen atoms in total. The number of halogens is 1. The number of rotatable bonds is 6. The fraction of sp³-hybridized carbons (Fsp3) is 0.381. The van der Waals surface area contributed by atoms with E-state index in [1.165, 1.54) is 18.3 Å². The van der Waals surface area contributed by atoms with Gasteiger partial charge in [-0.05, 0) is 52.3 Å². The van der Waals surface area contributed by atoms with Gasteiger partial charge in [-0.25, -0.2) is 9.18 Å². The molecule has 0 radical (unpaired) electrons. The lowest BCUT2D eigenvalue weighted by Gasteiger charge is -2.20. The fourth-order valence-corrected chi connectivity index (χ4v) is 2.55. The molecule has 0 spiro atoms. The Morgan fingerprint density at radius 1 is 1.17 bits per heavy atom. The molecule has 0 aliphatic carbocycles. The highest BCUT2D eigenvalue weighted by molar-refractivity contribution is 5.96. The molecule has 1 aromatic heterocycles. The Labute approximate surface area is 168 Å². The summed E-state index contributed by atoms with van der Waals surface area (Å²) in [4.78, 5) is 36.9. The summed E-state index contributed by atoms with van der Waals surface area (Å²) in [5, 5.41) is 2.76. The summed E-state index contributed by atoms with van der Waals surface area (Å²) in [7, 11) is 0. The third-order valence-corrected chi connectivity index (χ3v) is 3.73. The summed E-state index contributed by atoms with van der Waals surface area (Å²) in [6, 6.07) is 5.65. The molecule has 29 heavy (non-hydrogen) atoms. The maximum Gasteiger partial charge on any atom is 0.341 e. The van der Waals surface area contributed by atoms with Gasteiger partial charge in [-0.1, -0.05) is 6.07 Å². The van der Waals surface area contributed by atoms with Crippen molar-refractivity contribution in [1.29, 1.82) is 0 Å². The molecule has 1 heterocycles. The summed E-state index contributed by atoms with van der Waals surface area (Å²) >= 11 is 0. The molecule has 1 aromatic carbocycles. The molecule has 0 unspecified atom stereocenters. The van der Waals surface area contributed by atoms with E-state index >= 15 is 0 Å². The number of pyridine rings is 1. The van der Waals surface area contributed by atoms with E-state index in [9.17, 15) is 18.8 Å². The first-order valence-electron chi connectivity index (χ1n) is 9.17. The molecule has 0 saturated heterocycles. The van der Waals surface area contributed by atoms with Gasteiger partial charge in [0.1, 0.15) is 18.0 Å². The molecule has 2 rings (SSSR count). The minimum absolute atomic E-state index is 0.00464. The van der Waals surface area contributed by atoms with E-state index in [2.05, 4.69) is 5.32 Å². The van der Waals surface area contributed by atoms with Crippen LogP contribution in [-0.2, 0) is 20.8 Å². The summed E-state index contributed by atoms with van der Waals surface area (Å²) < 4.78 is 25.5. The number of nitrogens with zero attached hydrogens (tertiary/aromatic N) is 1. The first kappa shape index (κ1) is 22.1. The van der Waals surface area contributed by atoms with Crippen molar-refractivity contribution in [3.63, 3.8) is 0 Å². The smallest absolute Gasteiger partial charge is 0.341 e. The SMILES string of the molecule is CCOC(=O)c1cn(CC(=O)OC(C)(C)C)c(=O)cc1Nc1ccc(C)cc1F. The Morgan fingerprint density at radius 2 is 1.86 bits per heavy atom. The van der Waals surface area contributed by atoms with Crippen LogP contribution >= 0.6 is 0 Å². The van der Waals surface area contributed by atoms with Crippen LogP contribution in [0.15, 0.2) is 35.3 Å². The normalized spacial score (nSPS) is 11.1. The summed E-state index contributed by atoms with van der Waals surface area (Å²) in [6.45, 7) is 8.25. The Bertz CT molecular complexity index is 976. The second-order valence-electron chi connectivity index (χ2n) is 7.48. The zero-order valence-electron chi connectivity index (χ0n) is 17.2. The van der Waals surface area contributed by atoms with Gasteiger partial charge >= 0.3 is 11.9 Å². The number of benzene rings is 1. The van der Waals surface area contributed by atoms with Gasteiger partial charge in [0.05, 0.1) is 23.5 Å². The lowest BCUT2D eigenvalue weighted by molar-refractivity contribution is -0.155. The van der Waals surface area contributed by atoms with Gasteiger partial charge in [0.15, 0.2) is 0 Å².